The maximum absolute atomic E-state index is 13.0. The molecule has 1 N–H and O–H groups in total. The minimum Gasteiger partial charge on any atom is -0.378 e. The number of hydrogen-bond donors (Lipinski definition) is 1. The first-order chi connectivity index (χ1) is 13.6. The van der Waals surface area contributed by atoms with E-state index in [-0.39, 0.29) is 11.8 Å². The molecule has 0 aliphatic carbocycles. The first-order valence-electron chi connectivity index (χ1n) is 9.94. The molecule has 2 aromatic rings. The lowest BCUT2D eigenvalue weighted by atomic mass is 10.1. The Balaban J connectivity index is 1.56. The van der Waals surface area contributed by atoms with E-state index in [1.807, 2.05) is 35.8 Å². The van der Waals surface area contributed by atoms with E-state index in [9.17, 15) is 9.59 Å². The second-order valence-electron chi connectivity index (χ2n) is 7.35. The summed E-state index contributed by atoms with van der Waals surface area (Å²) in [6.07, 6.45) is 2.78. The van der Waals surface area contributed by atoms with Gasteiger partial charge in [0.05, 0.1) is 18.9 Å². The number of carbonyl (C=O) groups is 2. The summed E-state index contributed by atoms with van der Waals surface area (Å²) in [5, 5.41) is 2.98. The average Bonchev–Trinajstić information content (AvgIpc) is 3.13. The molecule has 0 unspecified atom stereocenters. The van der Waals surface area contributed by atoms with Crippen molar-refractivity contribution >= 4 is 11.8 Å². The number of aryl methyl sites for hydroxylation is 1. The van der Waals surface area contributed by atoms with Gasteiger partial charge in [-0.05, 0) is 37.3 Å². The average molecular weight is 382 g/mol. The number of imidazole rings is 1. The maximum atomic E-state index is 13.0. The molecule has 1 aromatic carbocycles. The molecule has 28 heavy (non-hydrogen) atoms. The number of ether oxygens (including phenoxy) is 1. The Labute approximate surface area is 164 Å². The minimum absolute atomic E-state index is 0.107. The van der Waals surface area contributed by atoms with Crippen molar-refractivity contribution in [2.45, 2.75) is 39.3 Å². The van der Waals surface area contributed by atoms with E-state index in [0.29, 0.717) is 44.4 Å². The van der Waals surface area contributed by atoms with Crippen LogP contribution in [0.5, 0.6) is 0 Å². The van der Waals surface area contributed by atoms with Gasteiger partial charge < -0.3 is 19.5 Å². The number of fused-ring (bicyclic) bond motifs is 1. The highest BCUT2D eigenvalue weighted by molar-refractivity contribution is 5.97. The lowest BCUT2D eigenvalue weighted by Crippen LogP contribution is -2.42. The molecule has 2 aliphatic heterocycles. The van der Waals surface area contributed by atoms with E-state index < -0.39 is 0 Å². The molecule has 0 bridgehead atoms. The Bertz CT molecular complexity index is 884. The molecule has 1 aromatic heterocycles. The van der Waals surface area contributed by atoms with Crippen molar-refractivity contribution in [3.8, 4) is 0 Å². The minimum atomic E-state index is -0.213. The number of benzene rings is 1. The van der Waals surface area contributed by atoms with Crippen LogP contribution in [0, 0.1) is 6.92 Å². The van der Waals surface area contributed by atoms with Crippen LogP contribution in [0.15, 0.2) is 24.3 Å². The highest BCUT2D eigenvalue weighted by Gasteiger charge is 2.30. The predicted octanol–water partition coefficient (Wildman–Crippen LogP) is 1.93. The number of carbonyl (C=O) groups excluding carboxylic acids is 2. The summed E-state index contributed by atoms with van der Waals surface area (Å²) < 4.78 is 7.29. The van der Waals surface area contributed by atoms with Crippen molar-refractivity contribution < 1.29 is 14.3 Å². The zero-order chi connectivity index (χ0) is 19.5. The SMILES string of the molecule is Cc1ccccc1CNC(=O)c1nc(C(=O)N2CCOCC2)n2c1CCCC2. The van der Waals surface area contributed by atoms with Crippen molar-refractivity contribution in [3.63, 3.8) is 0 Å². The summed E-state index contributed by atoms with van der Waals surface area (Å²) in [5.41, 5.74) is 3.49. The number of hydrogen-bond acceptors (Lipinski definition) is 4. The lowest BCUT2D eigenvalue weighted by molar-refractivity contribution is 0.0291. The van der Waals surface area contributed by atoms with Gasteiger partial charge in [0.2, 0.25) is 0 Å². The second kappa shape index (κ2) is 8.14. The normalized spacial score (nSPS) is 16.5. The highest BCUT2D eigenvalue weighted by atomic mass is 16.5. The third kappa shape index (κ3) is 3.67. The monoisotopic (exact) mass is 382 g/mol. The number of amides is 2. The zero-order valence-electron chi connectivity index (χ0n) is 16.2. The molecule has 148 valence electrons. The van der Waals surface area contributed by atoms with Crippen LogP contribution >= 0.6 is 0 Å². The van der Waals surface area contributed by atoms with Crippen molar-refractivity contribution in [2.75, 3.05) is 26.3 Å². The predicted molar refractivity (Wildman–Crippen MR) is 104 cm³/mol. The van der Waals surface area contributed by atoms with E-state index >= 15 is 0 Å². The topological polar surface area (TPSA) is 76.5 Å². The molecule has 2 amide bonds. The van der Waals surface area contributed by atoms with Gasteiger partial charge in [-0.15, -0.1) is 0 Å². The van der Waals surface area contributed by atoms with Crippen LogP contribution in [0.1, 0.15) is 50.8 Å². The summed E-state index contributed by atoms with van der Waals surface area (Å²) in [5.74, 6) is 0.0666. The van der Waals surface area contributed by atoms with Gasteiger partial charge in [-0.3, -0.25) is 9.59 Å². The third-order valence-electron chi connectivity index (χ3n) is 5.52. The molecule has 1 saturated heterocycles. The highest BCUT2D eigenvalue weighted by Crippen LogP contribution is 2.22. The Morgan fingerprint density at radius 1 is 1.14 bits per heavy atom. The number of aromatic nitrogens is 2. The van der Waals surface area contributed by atoms with Gasteiger partial charge in [-0.1, -0.05) is 24.3 Å². The van der Waals surface area contributed by atoms with Gasteiger partial charge in [0, 0.05) is 26.2 Å². The molecule has 7 nitrogen and oxygen atoms in total. The van der Waals surface area contributed by atoms with Crippen LogP contribution in [0.2, 0.25) is 0 Å². The maximum Gasteiger partial charge on any atom is 0.290 e. The summed E-state index contributed by atoms with van der Waals surface area (Å²) in [7, 11) is 0. The fourth-order valence-corrected chi connectivity index (χ4v) is 3.86. The van der Waals surface area contributed by atoms with Crippen LogP contribution in [0.3, 0.4) is 0 Å². The smallest absolute Gasteiger partial charge is 0.290 e. The lowest BCUT2D eigenvalue weighted by Gasteiger charge is -2.27. The molecule has 0 atom stereocenters. The fraction of sp³-hybridized carbons (Fsp3) is 0.476. The van der Waals surface area contributed by atoms with E-state index in [0.717, 1.165) is 42.6 Å². The van der Waals surface area contributed by atoms with Gasteiger partial charge in [0.25, 0.3) is 11.8 Å². The molecule has 2 aliphatic rings. The van der Waals surface area contributed by atoms with Gasteiger partial charge in [0.1, 0.15) is 5.69 Å². The van der Waals surface area contributed by atoms with Crippen LogP contribution in [-0.2, 0) is 24.2 Å². The molecular formula is C21H26N4O3. The summed E-state index contributed by atoms with van der Waals surface area (Å²) in [6.45, 7) is 5.43. The van der Waals surface area contributed by atoms with Crippen LogP contribution in [-0.4, -0.2) is 52.6 Å². The molecule has 0 spiro atoms. The molecule has 4 rings (SSSR count). The van der Waals surface area contributed by atoms with Crippen molar-refractivity contribution in [1.82, 2.24) is 19.8 Å². The molecule has 3 heterocycles. The largest absolute Gasteiger partial charge is 0.378 e. The third-order valence-corrected chi connectivity index (χ3v) is 5.52. The van der Waals surface area contributed by atoms with E-state index in [2.05, 4.69) is 10.3 Å². The van der Waals surface area contributed by atoms with Gasteiger partial charge in [0.15, 0.2) is 5.82 Å². The van der Waals surface area contributed by atoms with Crippen molar-refractivity contribution in [3.05, 3.63) is 52.6 Å². The van der Waals surface area contributed by atoms with E-state index in [1.165, 1.54) is 0 Å². The molecule has 7 heteroatoms. The molecule has 0 radical (unpaired) electrons. The van der Waals surface area contributed by atoms with Gasteiger partial charge >= 0.3 is 0 Å². The van der Waals surface area contributed by atoms with Gasteiger partial charge in [-0.25, -0.2) is 4.98 Å². The molecular weight excluding hydrogens is 356 g/mol. The van der Waals surface area contributed by atoms with Crippen LogP contribution in [0.4, 0.5) is 0 Å². The second-order valence-corrected chi connectivity index (χ2v) is 7.35. The zero-order valence-corrected chi connectivity index (χ0v) is 16.2. The number of nitrogens with zero attached hydrogens (tertiary/aromatic N) is 3. The summed E-state index contributed by atoms with van der Waals surface area (Å²) in [4.78, 5) is 32.2. The Kier molecular flexibility index (Phi) is 5.43. The summed E-state index contributed by atoms with van der Waals surface area (Å²) in [6, 6.07) is 7.98. The number of nitrogens with one attached hydrogen (secondary N) is 1. The number of rotatable bonds is 4. The number of morpholine rings is 1. The van der Waals surface area contributed by atoms with E-state index in [4.69, 9.17) is 4.74 Å². The first kappa shape index (κ1) is 18.7. The van der Waals surface area contributed by atoms with Gasteiger partial charge in [-0.2, -0.15) is 0 Å². The van der Waals surface area contributed by atoms with Crippen molar-refractivity contribution in [2.24, 2.45) is 0 Å². The van der Waals surface area contributed by atoms with E-state index in [1.54, 1.807) is 4.90 Å². The summed E-state index contributed by atoms with van der Waals surface area (Å²) >= 11 is 0. The fourth-order valence-electron chi connectivity index (χ4n) is 3.86. The Morgan fingerprint density at radius 2 is 1.93 bits per heavy atom. The van der Waals surface area contributed by atoms with Crippen LogP contribution < -0.4 is 5.32 Å². The van der Waals surface area contributed by atoms with Crippen LogP contribution in [0.25, 0.3) is 0 Å². The Hall–Kier alpha value is -2.67. The molecule has 0 saturated carbocycles. The first-order valence-corrected chi connectivity index (χ1v) is 9.94. The quantitative estimate of drug-likeness (QED) is 0.877. The standard InChI is InChI=1S/C21H26N4O3/c1-15-6-2-3-7-16(15)14-22-20(26)18-17-8-4-5-9-25(17)19(23-18)21(27)24-10-12-28-13-11-24/h2-3,6-7H,4-5,8-14H2,1H3,(H,22,26). The van der Waals surface area contributed by atoms with Crippen molar-refractivity contribution in [1.29, 1.82) is 0 Å². The Morgan fingerprint density at radius 3 is 2.71 bits per heavy atom. The molecule has 1 fully saturated rings.